The van der Waals surface area contributed by atoms with Crippen molar-refractivity contribution in [2.24, 2.45) is 11.5 Å². The number of sulfonamides is 1. The lowest BCUT2D eigenvalue weighted by molar-refractivity contribution is -0.121. The van der Waals surface area contributed by atoms with Crippen molar-refractivity contribution in [1.29, 1.82) is 0 Å². The Balaban J connectivity index is 2.40. The summed E-state index contributed by atoms with van der Waals surface area (Å²) >= 11 is 5.99. The number of primary amides is 1. The van der Waals surface area contributed by atoms with Crippen molar-refractivity contribution in [1.82, 2.24) is 4.31 Å². The SMILES string of the molecule is NCc1ccc(S(=O)(=O)N2CCCC2C(N)=O)cc1Cl. The number of nitrogens with zero attached hydrogens (tertiary/aromatic N) is 1. The van der Waals surface area contributed by atoms with Crippen molar-refractivity contribution in [3.8, 4) is 0 Å². The van der Waals surface area contributed by atoms with E-state index in [9.17, 15) is 13.2 Å². The van der Waals surface area contributed by atoms with E-state index in [0.29, 0.717) is 23.4 Å². The zero-order valence-corrected chi connectivity index (χ0v) is 12.3. The van der Waals surface area contributed by atoms with E-state index in [2.05, 4.69) is 0 Å². The Bertz CT molecular complexity index is 633. The van der Waals surface area contributed by atoms with Gasteiger partial charge in [0.25, 0.3) is 0 Å². The summed E-state index contributed by atoms with van der Waals surface area (Å²) in [7, 11) is -3.77. The maximum absolute atomic E-state index is 12.5. The molecule has 0 bridgehead atoms. The average molecular weight is 318 g/mol. The molecule has 1 aliphatic rings. The van der Waals surface area contributed by atoms with Gasteiger partial charge in [-0.05, 0) is 30.5 Å². The number of halogens is 1. The summed E-state index contributed by atoms with van der Waals surface area (Å²) in [6.45, 7) is 0.513. The zero-order valence-electron chi connectivity index (χ0n) is 10.8. The first-order chi connectivity index (χ1) is 9.37. The van der Waals surface area contributed by atoms with Crippen molar-refractivity contribution in [2.75, 3.05) is 6.54 Å². The van der Waals surface area contributed by atoms with Gasteiger partial charge in [-0.3, -0.25) is 4.79 Å². The standard InChI is InChI=1S/C12H16ClN3O3S/c13-10-6-9(4-3-8(10)7-14)20(18,19)16-5-1-2-11(16)12(15)17/h3-4,6,11H,1-2,5,7,14H2,(H2,15,17). The Hall–Kier alpha value is -1.15. The number of carbonyl (C=O) groups excluding carboxylic acids is 1. The molecule has 1 unspecified atom stereocenters. The summed E-state index contributed by atoms with van der Waals surface area (Å²) in [5.41, 5.74) is 11.4. The fourth-order valence-electron chi connectivity index (χ4n) is 2.30. The van der Waals surface area contributed by atoms with Gasteiger partial charge in [-0.2, -0.15) is 4.31 Å². The van der Waals surface area contributed by atoms with Gasteiger partial charge in [0.05, 0.1) is 4.90 Å². The first-order valence-corrected chi connectivity index (χ1v) is 7.99. The van der Waals surface area contributed by atoms with Gasteiger partial charge in [-0.25, -0.2) is 8.42 Å². The summed E-state index contributed by atoms with van der Waals surface area (Å²) in [6, 6.07) is 3.59. The van der Waals surface area contributed by atoms with Gasteiger partial charge in [-0.1, -0.05) is 17.7 Å². The van der Waals surface area contributed by atoms with Gasteiger partial charge in [0.2, 0.25) is 15.9 Å². The van der Waals surface area contributed by atoms with Crippen molar-refractivity contribution < 1.29 is 13.2 Å². The van der Waals surface area contributed by atoms with Gasteiger partial charge >= 0.3 is 0 Å². The minimum Gasteiger partial charge on any atom is -0.368 e. The van der Waals surface area contributed by atoms with Crippen molar-refractivity contribution in [2.45, 2.75) is 30.3 Å². The van der Waals surface area contributed by atoms with Crippen LogP contribution in [0.5, 0.6) is 0 Å². The van der Waals surface area contributed by atoms with E-state index in [-0.39, 0.29) is 18.0 Å². The van der Waals surface area contributed by atoms with Crippen LogP contribution in [0, 0.1) is 0 Å². The van der Waals surface area contributed by atoms with Crippen molar-refractivity contribution in [3.05, 3.63) is 28.8 Å². The van der Waals surface area contributed by atoms with Crippen LogP contribution in [0.4, 0.5) is 0 Å². The van der Waals surface area contributed by atoms with Crippen LogP contribution in [0.2, 0.25) is 5.02 Å². The van der Waals surface area contributed by atoms with Crippen LogP contribution >= 0.6 is 11.6 Å². The molecule has 1 atom stereocenters. The first-order valence-electron chi connectivity index (χ1n) is 6.17. The summed E-state index contributed by atoms with van der Waals surface area (Å²) < 4.78 is 26.2. The Morgan fingerprint density at radius 3 is 2.70 bits per heavy atom. The number of nitrogens with two attached hydrogens (primary N) is 2. The topological polar surface area (TPSA) is 106 Å². The van der Waals surface area contributed by atoms with E-state index in [1.807, 2.05) is 0 Å². The molecule has 0 aromatic heterocycles. The van der Waals surface area contributed by atoms with Crippen LogP contribution in [0.3, 0.4) is 0 Å². The Labute approximate surface area is 122 Å². The Morgan fingerprint density at radius 1 is 1.45 bits per heavy atom. The highest BCUT2D eigenvalue weighted by Crippen LogP contribution is 2.28. The fourth-order valence-corrected chi connectivity index (χ4v) is 4.32. The van der Waals surface area contributed by atoms with E-state index < -0.39 is 22.0 Å². The minimum atomic E-state index is -3.77. The molecule has 110 valence electrons. The third-order valence-corrected chi connectivity index (χ3v) is 5.64. The lowest BCUT2D eigenvalue weighted by Gasteiger charge is -2.22. The van der Waals surface area contributed by atoms with Crippen molar-refractivity contribution in [3.63, 3.8) is 0 Å². The molecule has 0 aliphatic carbocycles. The first kappa shape index (κ1) is 15.2. The Kier molecular flexibility index (Phi) is 4.33. The number of benzene rings is 1. The maximum Gasteiger partial charge on any atom is 0.243 e. The monoisotopic (exact) mass is 317 g/mol. The summed E-state index contributed by atoms with van der Waals surface area (Å²) in [6.07, 6.45) is 1.06. The summed E-state index contributed by atoms with van der Waals surface area (Å²) in [5.74, 6) is -0.629. The molecule has 1 amide bonds. The highest BCUT2D eigenvalue weighted by Gasteiger charge is 2.38. The average Bonchev–Trinajstić information content (AvgIpc) is 2.88. The molecule has 1 aromatic rings. The number of amides is 1. The van der Waals surface area contributed by atoms with Gasteiger partial charge in [0.1, 0.15) is 6.04 Å². The van der Waals surface area contributed by atoms with Crippen LogP contribution in [0.25, 0.3) is 0 Å². The van der Waals surface area contributed by atoms with Crippen LogP contribution in [-0.2, 0) is 21.4 Å². The fraction of sp³-hybridized carbons (Fsp3) is 0.417. The number of hydrogen-bond acceptors (Lipinski definition) is 4. The molecule has 0 radical (unpaired) electrons. The van der Waals surface area contributed by atoms with E-state index >= 15 is 0 Å². The van der Waals surface area contributed by atoms with Gasteiger partial charge < -0.3 is 11.5 Å². The summed E-state index contributed by atoms with van der Waals surface area (Å²) in [5, 5.41) is 0.295. The Morgan fingerprint density at radius 2 is 2.15 bits per heavy atom. The van der Waals surface area contributed by atoms with E-state index in [4.69, 9.17) is 23.1 Å². The summed E-state index contributed by atoms with van der Waals surface area (Å²) in [4.78, 5) is 11.4. The molecule has 6 nitrogen and oxygen atoms in total. The number of rotatable bonds is 4. The van der Waals surface area contributed by atoms with E-state index in [0.717, 1.165) is 4.31 Å². The van der Waals surface area contributed by atoms with E-state index in [1.165, 1.54) is 12.1 Å². The second-order valence-electron chi connectivity index (χ2n) is 4.63. The molecule has 4 N–H and O–H groups in total. The largest absolute Gasteiger partial charge is 0.368 e. The molecule has 0 spiro atoms. The maximum atomic E-state index is 12.5. The second-order valence-corrected chi connectivity index (χ2v) is 6.93. The third-order valence-electron chi connectivity index (χ3n) is 3.38. The molecule has 1 heterocycles. The molecule has 2 rings (SSSR count). The molecule has 0 saturated carbocycles. The van der Waals surface area contributed by atoms with Crippen molar-refractivity contribution >= 4 is 27.5 Å². The molecule has 1 fully saturated rings. The molecular weight excluding hydrogens is 302 g/mol. The molecule has 1 saturated heterocycles. The lowest BCUT2D eigenvalue weighted by atomic mass is 10.2. The van der Waals surface area contributed by atoms with Crippen LogP contribution < -0.4 is 11.5 Å². The van der Waals surface area contributed by atoms with Gasteiger partial charge in [0, 0.05) is 18.1 Å². The third kappa shape index (κ3) is 2.67. The molecule has 1 aromatic carbocycles. The smallest absolute Gasteiger partial charge is 0.243 e. The van der Waals surface area contributed by atoms with Gasteiger partial charge in [-0.15, -0.1) is 0 Å². The number of hydrogen-bond donors (Lipinski definition) is 2. The van der Waals surface area contributed by atoms with E-state index in [1.54, 1.807) is 6.07 Å². The quantitative estimate of drug-likeness (QED) is 0.840. The highest BCUT2D eigenvalue weighted by atomic mass is 35.5. The normalized spacial score (nSPS) is 20.2. The zero-order chi connectivity index (χ0) is 14.9. The molecular formula is C12H16ClN3O3S. The predicted molar refractivity (Wildman–Crippen MR) is 75.5 cm³/mol. The second kappa shape index (κ2) is 5.69. The van der Waals surface area contributed by atoms with Crippen LogP contribution in [0.1, 0.15) is 18.4 Å². The van der Waals surface area contributed by atoms with Gasteiger partial charge in [0.15, 0.2) is 0 Å². The van der Waals surface area contributed by atoms with Crippen LogP contribution in [-0.4, -0.2) is 31.2 Å². The number of carbonyl (C=O) groups is 1. The molecule has 8 heteroatoms. The highest BCUT2D eigenvalue weighted by molar-refractivity contribution is 7.89. The van der Waals surface area contributed by atoms with Crippen LogP contribution in [0.15, 0.2) is 23.1 Å². The molecule has 1 aliphatic heterocycles. The lowest BCUT2D eigenvalue weighted by Crippen LogP contribution is -2.43. The molecule has 20 heavy (non-hydrogen) atoms. The predicted octanol–water partition coefficient (Wildman–Crippen LogP) is 0.437. The minimum absolute atomic E-state index is 0.0489.